The van der Waals surface area contributed by atoms with E-state index in [2.05, 4.69) is 16.0 Å². The number of sulfone groups is 1. The van der Waals surface area contributed by atoms with E-state index in [1.54, 1.807) is 0 Å². The molecule has 1 aromatic rings. The Morgan fingerprint density at radius 2 is 2.04 bits per heavy atom. The van der Waals surface area contributed by atoms with Gasteiger partial charge in [-0.25, -0.2) is 8.42 Å². The summed E-state index contributed by atoms with van der Waals surface area (Å²) in [5, 5.41) is 20.1. The van der Waals surface area contributed by atoms with Crippen molar-refractivity contribution >= 4 is 39.5 Å². The van der Waals surface area contributed by atoms with E-state index in [-0.39, 0.29) is 41.1 Å². The van der Waals surface area contributed by atoms with Gasteiger partial charge in [-0.15, -0.1) is 12.4 Å². The Morgan fingerprint density at radius 3 is 2.59 bits per heavy atom. The molecule has 0 aliphatic carbocycles. The van der Waals surface area contributed by atoms with Gasteiger partial charge >= 0.3 is 0 Å². The summed E-state index contributed by atoms with van der Waals surface area (Å²) in [4.78, 5) is 22.7. The van der Waals surface area contributed by atoms with Crippen LogP contribution in [0.1, 0.15) is 26.2 Å². The summed E-state index contributed by atoms with van der Waals surface area (Å²) in [6.45, 7) is 3.24. The molecule has 1 heterocycles. The number of nitrogens with zero attached hydrogens (tertiary/aromatic N) is 1. The average molecular weight is 421 g/mol. The van der Waals surface area contributed by atoms with Crippen LogP contribution in [0.4, 0.5) is 11.4 Å². The number of halogens is 1. The molecule has 1 atom stereocenters. The quantitative estimate of drug-likeness (QED) is 0.346. The number of nitro groups is 1. The van der Waals surface area contributed by atoms with Crippen LogP contribution in [0, 0.1) is 10.1 Å². The minimum Gasteiger partial charge on any atom is -0.378 e. The second-order valence-electron chi connectivity index (χ2n) is 6.61. The van der Waals surface area contributed by atoms with Crippen molar-refractivity contribution in [1.82, 2.24) is 10.6 Å². The SMILES string of the molecule is CC1(C(=O)NCCNc2ccc(S(C)(=O)=O)cc2[N+](=O)[O-])CCCCN1.Cl. The van der Waals surface area contributed by atoms with Gasteiger partial charge in [0.25, 0.3) is 5.69 Å². The lowest BCUT2D eigenvalue weighted by atomic mass is 9.90. The number of benzene rings is 1. The molecule has 1 aliphatic heterocycles. The summed E-state index contributed by atoms with van der Waals surface area (Å²) < 4.78 is 23.1. The minimum absolute atomic E-state index is 0. The van der Waals surface area contributed by atoms with Crippen molar-refractivity contribution in [3.05, 3.63) is 28.3 Å². The van der Waals surface area contributed by atoms with Gasteiger partial charge < -0.3 is 16.0 Å². The topological polar surface area (TPSA) is 130 Å². The molecule has 0 aromatic heterocycles. The van der Waals surface area contributed by atoms with E-state index in [9.17, 15) is 23.3 Å². The van der Waals surface area contributed by atoms with Crippen molar-refractivity contribution in [2.75, 3.05) is 31.2 Å². The van der Waals surface area contributed by atoms with Crippen molar-refractivity contribution in [1.29, 1.82) is 0 Å². The fourth-order valence-electron chi connectivity index (χ4n) is 2.86. The van der Waals surface area contributed by atoms with Gasteiger partial charge in [0.15, 0.2) is 9.84 Å². The summed E-state index contributed by atoms with van der Waals surface area (Å²) in [5.41, 5.74) is -0.694. The van der Waals surface area contributed by atoms with Gasteiger partial charge in [0, 0.05) is 25.4 Å². The van der Waals surface area contributed by atoms with Gasteiger partial charge in [0.1, 0.15) is 5.69 Å². The maximum Gasteiger partial charge on any atom is 0.293 e. The van der Waals surface area contributed by atoms with Crippen molar-refractivity contribution in [2.45, 2.75) is 36.6 Å². The average Bonchev–Trinajstić information content (AvgIpc) is 2.58. The third kappa shape index (κ3) is 6.05. The van der Waals surface area contributed by atoms with Crippen molar-refractivity contribution in [3.63, 3.8) is 0 Å². The van der Waals surface area contributed by atoms with E-state index >= 15 is 0 Å². The minimum atomic E-state index is -3.53. The maximum atomic E-state index is 12.3. The predicted octanol–water partition coefficient (Wildman–Crippen LogP) is 1.48. The van der Waals surface area contributed by atoms with Crippen LogP contribution in [0.5, 0.6) is 0 Å². The van der Waals surface area contributed by atoms with Gasteiger partial charge in [0.2, 0.25) is 5.91 Å². The van der Waals surface area contributed by atoms with E-state index in [1.165, 1.54) is 12.1 Å². The summed E-state index contributed by atoms with van der Waals surface area (Å²) in [5.74, 6) is -0.0964. The van der Waals surface area contributed by atoms with Crippen molar-refractivity contribution < 1.29 is 18.1 Å². The predicted molar refractivity (Wildman–Crippen MR) is 105 cm³/mol. The number of carbonyl (C=O) groups excluding carboxylic acids is 1. The van der Waals surface area contributed by atoms with Gasteiger partial charge in [-0.3, -0.25) is 14.9 Å². The Kier molecular flexibility index (Phi) is 8.00. The molecule has 0 radical (unpaired) electrons. The van der Waals surface area contributed by atoms with Crippen LogP contribution in [0.3, 0.4) is 0 Å². The molecule has 1 amide bonds. The smallest absolute Gasteiger partial charge is 0.293 e. The first-order valence-electron chi connectivity index (χ1n) is 8.39. The third-order valence-electron chi connectivity index (χ3n) is 4.44. The van der Waals surface area contributed by atoms with Crippen LogP contribution in [-0.4, -0.2) is 50.7 Å². The van der Waals surface area contributed by atoms with Crippen LogP contribution in [0.2, 0.25) is 0 Å². The molecular formula is C16H25ClN4O5S. The first-order valence-corrected chi connectivity index (χ1v) is 10.3. The Balaban J connectivity index is 0.00000364. The highest BCUT2D eigenvalue weighted by Crippen LogP contribution is 2.27. The molecule has 1 fully saturated rings. The van der Waals surface area contributed by atoms with E-state index in [0.717, 1.165) is 38.1 Å². The second-order valence-corrected chi connectivity index (χ2v) is 8.62. The molecule has 3 N–H and O–H groups in total. The zero-order chi connectivity index (χ0) is 19.4. The molecule has 11 heteroatoms. The summed E-state index contributed by atoms with van der Waals surface area (Å²) in [6.07, 6.45) is 3.81. The molecule has 2 rings (SSSR count). The molecule has 0 saturated carbocycles. The highest BCUT2D eigenvalue weighted by Gasteiger charge is 2.33. The van der Waals surface area contributed by atoms with Crippen LogP contribution in [0.15, 0.2) is 23.1 Å². The van der Waals surface area contributed by atoms with E-state index in [4.69, 9.17) is 0 Å². The summed E-state index contributed by atoms with van der Waals surface area (Å²) in [7, 11) is -3.53. The molecule has 9 nitrogen and oxygen atoms in total. The second kappa shape index (κ2) is 9.34. The van der Waals surface area contributed by atoms with Gasteiger partial charge in [-0.1, -0.05) is 0 Å². The molecular weight excluding hydrogens is 396 g/mol. The normalized spacial score (nSPS) is 19.6. The first-order chi connectivity index (χ1) is 12.1. The largest absolute Gasteiger partial charge is 0.378 e. The number of hydrogen-bond donors (Lipinski definition) is 3. The van der Waals surface area contributed by atoms with Crippen molar-refractivity contribution in [3.8, 4) is 0 Å². The Bertz CT molecular complexity index is 794. The molecule has 1 aromatic carbocycles. The zero-order valence-corrected chi connectivity index (χ0v) is 16.9. The molecule has 152 valence electrons. The highest BCUT2D eigenvalue weighted by atomic mass is 35.5. The number of nitrogens with one attached hydrogen (secondary N) is 3. The fourth-order valence-corrected chi connectivity index (χ4v) is 3.50. The van der Waals surface area contributed by atoms with Crippen LogP contribution in [0.25, 0.3) is 0 Å². The lowest BCUT2D eigenvalue weighted by molar-refractivity contribution is -0.384. The molecule has 1 saturated heterocycles. The van der Waals surface area contributed by atoms with Crippen molar-refractivity contribution in [2.24, 2.45) is 0 Å². The van der Waals surface area contributed by atoms with E-state index in [0.29, 0.717) is 6.54 Å². The molecule has 0 bridgehead atoms. The van der Waals surface area contributed by atoms with Gasteiger partial charge in [-0.05, 0) is 44.9 Å². The molecule has 1 unspecified atom stereocenters. The number of hydrogen-bond acceptors (Lipinski definition) is 7. The van der Waals surface area contributed by atoms with Gasteiger partial charge in [-0.2, -0.15) is 0 Å². The standard InChI is InChI=1S/C16H24N4O5S.ClH/c1-16(7-3-4-8-19-16)15(21)18-10-9-17-13-6-5-12(26(2,24)25)11-14(13)20(22)23;/h5-6,11,17,19H,3-4,7-10H2,1-2H3,(H,18,21);1H. The maximum absolute atomic E-state index is 12.3. The number of amides is 1. The third-order valence-corrected chi connectivity index (χ3v) is 5.55. The lowest BCUT2D eigenvalue weighted by Gasteiger charge is -2.33. The number of carbonyl (C=O) groups is 1. The van der Waals surface area contributed by atoms with E-state index < -0.39 is 20.3 Å². The van der Waals surface area contributed by atoms with Crippen LogP contribution >= 0.6 is 12.4 Å². The summed E-state index contributed by atoms with van der Waals surface area (Å²) in [6, 6.07) is 3.71. The fraction of sp³-hybridized carbons (Fsp3) is 0.562. The Labute approximate surface area is 164 Å². The number of anilines is 1. The number of nitro benzene ring substituents is 1. The van der Waals surface area contributed by atoms with E-state index in [1.807, 2.05) is 6.92 Å². The number of piperidine rings is 1. The number of rotatable bonds is 7. The Hall–Kier alpha value is -1.91. The highest BCUT2D eigenvalue weighted by molar-refractivity contribution is 7.90. The lowest BCUT2D eigenvalue weighted by Crippen LogP contribution is -2.57. The zero-order valence-electron chi connectivity index (χ0n) is 15.3. The monoisotopic (exact) mass is 420 g/mol. The van der Waals surface area contributed by atoms with Crippen LogP contribution in [-0.2, 0) is 14.6 Å². The summed E-state index contributed by atoms with van der Waals surface area (Å²) >= 11 is 0. The first kappa shape index (κ1) is 23.1. The van der Waals surface area contributed by atoms with Gasteiger partial charge in [0.05, 0.1) is 15.4 Å². The molecule has 0 spiro atoms. The molecule has 27 heavy (non-hydrogen) atoms. The van der Waals surface area contributed by atoms with Crippen LogP contribution < -0.4 is 16.0 Å². The Morgan fingerprint density at radius 1 is 1.33 bits per heavy atom. The molecule has 1 aliphatic rings.